The van der Waals surface area contributed by atoms with Crippen molar-refractivity contribution in [1.82, 2.24) is 5.32 Å². The Labute approximate surface area is 127 Å². The van der Waals surface area contributed by atoms with Crippen molar-refractivity contribution in [1.29, 1.82) is 0 Å². The molecule has 0 aromatic heterocycles. The minimum absolute atomic E-state index is 0.0906. The lowest BCUT2D eigenvalue weighted by molar-refractivity contribution is -0.143. The Bertz CT molecular complexity index is 410. The maximum absolute atomic E-state index is 10.9. The zero-order valence-electron chi connectivity index (χ0n) is 12.8. The molecule has 2 N–H and O–H groups in total. The average molecular weight is 289 g/mol. The number of benzene rings is 1. The molecular weight excluding hydrogens is 262 g/mol. The third kappa shape index (κ3) is 5.88. The van der Waals surface area contributed by atoms with Crippen LogP contribution in [0.4, 0.5) is 0 Å². The highest BCUT2D eigenvalue weighted by Gasteiger charge is 2.25. The van der Waals surface area contributed by atoms with E-state index in [1.807, 2.05) is 0 Å². The average Bonchev–Trinajstić information content (AvgIpc) is 2.52. The second-order valence-corrected chi connectivity index (χ2v) is 6.20. The molecule has 0 amide bonds. The summed E-state index contributed by atoms with van der Waals surface area (Å²) >= 11 is 0. The van der Waals surface area contributed by atoms with E-state index in [0.29, 0.717) is 5.92 Å². The molecule has 3 nitrogen and oxygen atoms in total. The predicted molar refractivity (Wildman–Crippen MR) is 85.3 cm³/mol. The van der Waals surface area contributed by atoms with E-state index in [4.69, 9.17) is 5.11 Å². The lowest BCUT2D eigenvalue weighted by Gasteiger charge is -2.26. The van der Waals surface area contributed by atoms with Crippen LogP contribution in [0.1, 0.15) is 44.1 Å². The monoisotopic (exact) mass is 289 g/mol. The smallest absolute Gasteiger partial charge is 0.306 e. The molecule has 1 aliphatic carbocycles. The van der Waals surface area contributed by atoms with Crippen molar-refractivity contribution >= 4 is 5.97 Å². The molecule has 0 aliphatic heterocycles. The van der Waals surface area contributed by atoms with Crippen molar-refractivity contribution in [2.75, 3.05) is 13.1 Å². The van der Waals surface area contributed by atoms with E-state index in [1.54, 1.807) is 0 Å². The van der Waals surface area contributed by atoms with Gasteiger partial charge in [-0.2, -0.15) is 0 Å². The molecule has 0 unspecified atom stereocenters. The fraction of sp³-hybridized carbons (Fsp3) is 0.611. The Hall–Kier alpha value is -1.35. The lowest BCUT2D eigenvalue weighted by Crippen LogP contribution is -2.29. The van der Waals surface area contributed by atoms with Gasteiger partial charge in [-0.1, -0.05) is 30.3 Å². The minimum Gasteiger partial charge on any atom is -0.481 e. The van der Waals surface area contributed by atoms with Gasteiger partial charge in [0.2, 0.25) is 0 Å². The van der Waals surface area contributed by atoms with Crippen LogP contribution in [-0.4, -0.2) is 24.2 Å². The van der Waals surface area contributed by atoms with Crippen LogP contribution >= 0.6 is 0 Å². The SMILES string of the molecule is O=C(O)C1CCC(CNCCCCc2ccccc2)CC1. The highest BCUT2D eigenvalue weighted by Crippen LogP contribution is 2.28. The first-order valence-electron chi connectivity index (χ1n) is 8.23. The van der Waals surface area contributed by atoms with E-state index in [2.05, 4.69) is 35.6 Å². The summed E-state index contributed by atoms with van der Waals surface area (Å²) in [5, 5.41) is 12.5. The molecule has 1 aromatic rings. The Morgan fingerprint density at radius 2 is 1.81 bits per heavy atom. The number of carbonyl (C=O) groups is 1. The van der Waals surface area contributed by atoms with Crippen molar-refractivity contribution in [3.8, 4) is 0 Å². The van der Waals surface area contributed by atoms with Crippen LogP contribution in [0.2, 0.25) is 0 Å². The third-order valence-corrected chi connectivity index (χ3v) is 4.54. The zero-order chi connectivity index (χ0) is 14.9. The van der Waals surface area contributed by atoms with Crippen LogP contribution in [0.25, 0.3) is 0 Å². The number of carboxylic acids is 1. The molecule has 1 saturated carbocycles. The van der Waals surface area contributed by atoms with Crippen LogP contribution < -0.4 is 5.32 Å². The summed E-state index contributed by atoms with van der Waals surface area (Å²) in [5.41, 5.74) is 1.42. The van der Waals surface area contributed by atoms with Gasteiger partial charge >= 0.3 is 5.97 Å². The first-order chi connectivity index (χ1) is 10.3. The van der Waals surface area contributed by atoms with Gasteiger partial charge in [0, 0.05) is 0 Å². The van der Waals surface area contributed by atoms with Crippen molar-refractivity contribution in [2.24, 2.45) is 11.8 Å². The minimum atomic E-state index is -0.609. The summed E-state index contributed by atoms with van der Waals surface area (Å²) in [6.45, 7) is 2.13. The summed E-state index contributed by atoms with van der Waals surface area (Å²) in [6.07, 6.45) is 7.43. The number of carboxylic acid groups (broad SMARTS) is 1. The first-order valence-corrected chi connectivity index (χ1v) is 8.23. The van der Waals surface area contributed by atoms with Crippen molar-refractivity contribution in [2.45, 2.75) is 44.9 Å². The highest BCUT2D eigenvalue weighted by molar-refractivity contribution is 5.69. The molecule has 0 spiro atoms. The fourth-order valence-electron chi connectivity index (χ4n) is 3.14. The van der Waals surface area contributed by atoms with Crippen LogP contribution in [0.3, 0.4) is 0 Å². The van der Waals surface area contributed by atoms with Gasteiger partial charge in [0.05, 0.1) is 5.92 Å². The van der Waals surface area contributed by atoms with E-state index in [1.165, 1.54) is 18.4 Å². The quantitative estimate of drug-likeness (QED) is 0.720. The van der Waals surface area contributed by atoms with E-state index in [0.717, 1.165) is 45.2 Å². The van der Waals surface area contributed by atoms with Crippen LogP contribution in [0, 0.1) is 11.8 Å². The molecular formula is C18H27NO2. The van der Waals surface area contributed by atoms with E-state index < -0.39 is 5.97 Å². The number of hydrogen-bond acceptors (Lipinski definition) is 2. The normalized spacial score (nSPS) is 22.1. The summed E-state index contributed by atoms with van der Waals surface area (Å²) in [7, 11) is 0. The largest absolute Gasteiger partial charge is 0.481 e. The summed E-state index contributed by atoms with van der Waals surface area (Å²) < 4.78 is 0. The molecule has 1 fully saturated rings. The van der Waals surface area contributed by atoms with Crippen LogP contribution in [0.5, 0.6) is 0 Å². The van der Waals surface area contributed by atoms with E-state index >= 15 is 0 Å². The highest BCUT2D eigenvalue weighted by atomic mass is 16.4. The number of aryl methyl sites for hydroxylation is 1. The topological polar surface area (TPSA) is 49.3 Å². The number of unbranched alkanes of at least 4 members (excludes halogenated alkanes) is 1. The molecule has 0 saturated heterocycles. The second kappa shape index (κ2) is 8.83. The molecule has 0 heterocycles. The van der Waals surface area contributed by atoms with Gasteiger partial charge in [-0.05, 0) is 69.5 Å². The lowest BCUT2D eigenvalue weighted by atomic mass is 9.82. The Morgan fingerprint density at radius 3 is 2.48 bits per heavy atom. The van der Waals surface area contributed by atoms with Gasteiger partial charge in [-0.15, -0.1) is 0 Å². The number of hydrogen-bond donors (Lipinski definition) is 2. The van der Waals surface area contributed by atoms with Gasteiger partial charge in [-0.3, -0.25) is 4.79 Å². The van der Waals surface area contributed by atoms with Gasteiger partial charge in [0.15, 0.2) is 0 Å². The third-order valence-electron chi connectivity index (χ3n) is 4.54. The molecule has 116 valence electrons. The standard InChI is InChI=1S/C18H27NO2/c20-18(21)17-11-9-16(10-12-17)14-19-13-5-4-8-15-6-2-1-3-7-15/h1-3,6-7,16-17,19H,4-5,8-14H2,(H,20,21). The number of nitrogens with one attached hydrogen (secondary N) is 1. The number of aliphatic carboxylic acids is 1. The maximum atomic E-state index is 10.9. The Balaban J connectivity index is 1.48. The number of rotatable bonds is 8. The predicted octanol–water partition coefficient (Wildman–Crippen LogP) is 3.49. The van der Waals surface area contributed by atoms with Crippen molar-refractivity contribution < 1.29 is 9.90 Å². The molecule has 21 heavy (non-hydrogen) atoms. The first kappa shape index (κ1) is 16.0. The summed E-state index contributed by atoms with van der Waals surface area (Å²) in [6, 6.07) is 10.6. The summed E-state index contributed by atoms with van der Waals surface area (Å²) in [5.74, 6) is -0.0239. The van der Waals surface area contributed by atoms with Gasteiger partial charge in [0.25, 0.3) is 0 Å². The zero-order valence-corrected chi connectivity index (χ0v) is 12.8. The molecule has 1 aliphatic rings. The molecule has 0 radical (unpaired) electrons. The fourth-order valence-corrected chi connectivity index (χ4v) is 3.14. The molecule has 0 atom stereocenters. The van der Waals surface area contributed by atoms with Crippen molar-refractivity contribution in [3.63, 3.8) is 0 Å². The Kier molecular flexibility index (Phi) is 6.74. The van der Waals surface area contributed by atoms with Crippen LogP contribution in [0.15, 0.2) is 30.3 Å². The summed E-state index contributed by atoms with van der Waals surface area (Å²) in [4.78, 5) is 10.9. The molecule has 3 heteroatoms. The van der Waals surface area contributed by atoms with E-state index in [-0.39, 0.29) is 5.92 Å². The van der Waals surface area contributed by atoms with Gasteiger partial charge in [0.1, 0.15) is 0 Å². The molecule has 1 aromatic carbocycles. The van der Waals surface area contributed by atoms with Crippen molar-refractivity contribution in [3.05, 3.63) is 35.9 Å². The van der Waals surface area contributed by atoms with Crippen LogP contribution in [-0.2, 0) is 11.2 Å². The van der Waals surface area contributed by atoms with E-state index in [9.17, 15) is 4.79 Å². The van der Waals surface area contributed by atoms with Gasteiger partial charge < -0.3 is 10.4 Å². The molecule has 2 rings (SSSR count). The maximum Gasteiger partial charge on any atom is 0.306 e. The second-order valence-electron chi connectivity index (χ2n) is 6.20. The Morgan fingerprint density at radius 1 is 1.10 bits per heavy atom. The van der Waals surface area contributed by atoms with Gasteiger partial charge in [-0.25, -0.2) is 0 Å². The molecule has 0 bridgehead atoms.